The van der Waals surface area contributed by atoms with Crippen molar-refractivity contribution >= 4 is 5.97 Å². The van der Waals surface area contributed by atoms with Gasteiger partial charge in [-0.05, 0) is 41.8 Å². The van der Waals surface area contributed by atoms with Gasteiger partial charge in [-0.2, -0.15) is 0 Å². The van der Waals surface area contributed by atoms with Crippen LogP contribution in [0.2, 0.25) is 0 Å². The molecule has 1 atom stereocenters. The van der Waals surface area contributed by atoms with E-state index in [0.29, 0.717) is 12.3 Å². The predicted octanol–water partition coefficient (Wildman–Crippen LogP) is 3.63. The molecule has 0 aromatic heterocycles. The molecule has 0 aliphatic heterocycles. The van der Waals surface area contributed by atoms with Crippen LogP contribution in [-0.4, -0.2) is 53.5 Å². The zero-order valence-electron chi connectivity index (χ0n) is 18.0. The molecule has 6 nitrogen and oxygen atoms in total. The third-order valence-electron chi connectivity index (χ3n) is 4.91. The molecule has 3 rings (SSSR count). The van der Waals surface area contributed by atoms with E-state index >= 15 is 0 Å². The van der Waals surface area contributed by atoms with Crippen molar-refractivity contribution in [1.29, 1.82) is 0 Å². The zero-order chi connectivity index (χ0) is 22.6. The molecule has 0 heterocycles. The number of aliphatic carboxylic acids is 1. The molecular weight excluding hydrogens is 406 g/mol. The summed E-state index contributed by atoms with van der Waals surface area (Å²) in [5.74, 6) is 0.276. The number of rotatable bonds is 13. The van der Waals surface area contributed by atoms with Crippen LogP contribution in [0.1, 0.15) is 11.1 Å². The molecule has 0 bridgehead atoms. The van der Waals surface area contributed by atoms with Crippen LogP contribution in [0.15, 0.2) is 84.9 Å². The van der Waals surface area contributed by atoms with Gasteiger partial charge in [0, 0.05) is 19.6 Å². The van der Waals surface area contributed by atoms with E-state index in [0.717, 1.165) is 30.8 Å². The number of carboxylic acid groups (broad SMARTS) is 1. The van der Waals surface area contributed by atoms with Crippen molar-refractivity contribution in [3.63, 3.8) is 0 Å². The van der Waals surface area contributed by atoms with E-state index in [-0.39, 0.29) is 13.2 Å². The number of carboxylic acids is 1. The lowest BCUT2D eigenvalue weighted by Gasteiger charge is -2.25. The summed E-state index contributed by atoms with van der Waals surface area (Å²) in [4.78, 5) is 12.8. The molecule has 168 valence electrons. The van der Waals surface area contributed by atoms with Crippen LogP contribution >= 0.6 is 0 Å². The first-order valence-electron chi connectivity index (χ1n) is 10.6. The van der Waals surface area contributed by atoms with Crippen molar-refractivity contribution in [3.8, 4) is 11.5 Å². The number of nitrogens with zero attached hydrogens (tertiary/aromatic N) is 1. The van der Waals surface area contributed by atoms with E-state index in [1.807, 2.05) is 60.7 Å². The van der Waals surface area contributed by atoms with E-state index in [9.17, 15) is 9.90 Å². The summed E-state index contributed by atoms with van der Waals surface area (Å²) in [6.07, 6.45) is 0.170. The van der Waals surface area contributed by atoms with Gasteiger partial charge in [-0.1, -0.05) is 60.7 Å². The summed E-state index contributed by atoms with van der Waals surface area (Å²) in [5, 5.41) is 19.3. The lowest BCUT2D eigenvalue weighted by Crippen LogP contribution is -2.36. The highest BCUT2D eigenvalue weighted by Gasteiger charge is 2.14. The van der Waals surface area contributed by atoms with E-state index in [2.05, 4.69) is 17.0 Å². The van der Waals surface area contributed by atoms with Crippen LogP contribution in [0.3, 0.4) is 0 Å². The minimum Gasteiger partial charge on any atom is -0.491 e. The van der Waals surface area contributed by atoms with Crippen molar-refractivity contribution in [2.24, 2.45) is 0 Å². The summed E-state index contributed by atoms with van der Waals surface area (Å²) < 4.78 is 10.9. The lowest BCUT2D eigenvalue weighted by molar-refractivity contribution is -0.139. The maximum atomic E-state index is 10.6. The fraction of sp³-hybridized carbons (Fsp3) is 0.269. The Morgan fingerprint density at radius 1 is 0.812 bits per heavy atom. The van der Waals surface area contributed by atoms with Crippen LogP contribution in [0.5, 0.6) is 11.5 Å². The summed E-state index contributed by atoms with van der Waals surface area (Å²) in [7, 11) is 0. The number of para-hydroxylation sites is 1. The van der Waals surface area contributed by atoms with Crippen molar-refractivity contribution in [2.45, 2.75) is 19.1 Å². The van der Waals surface area contributed by atoms with E-state index in [1.54, 1.807) is 12.1 Å². The van der Waals surface area contributed by atoms with Gasteiger partial charge >= 0.3 is 5.97 Å². The molecule has 6 heteroatoms. The third kappa shape index (κ3) is 8.41. The van der Waals surface area contributed by atoms with Gasteiger partial charge < -0.3 is 19.7 Å². The minimum atomic E-state index is -1.000. The SMILES string of the molecule is O=C(O)COc1ccc(CCN(Cc2ccccc2)CC(O)COc2ccccc2)cc1. The molecule has 0 saturated heterocycles. The first-order valence-corrected chi connectivity index (χ1v) is 10.6. The Morgan fingerprint density at radius 3 is 2.09 bits per heavy atom. The van der Waals surface area contributed by atoms with Gasteiger partial charge in [0.05, 0.1) is 0 Å². The second kappa shape index (κ2) is 12.5. The molecule has 0 aliphatic carbocycles. The number of aliphatic hydroxyl groups excluding tert-OH is 1. The Labute approximate surface area is 188 Å². The molecule has 3 aromatic rings. The number of benzene rings is 3. The standard InChI is InChI=1S/C26H29NO5/c28-23(19-31-24-9-5-2-6-10-24)18-27(17-22-7-3-1-4-8-22)16-15-21-11-13-25(14-12-21)32-20-26(29)30/h1-14,23,28H,15-20H2,(H,29,30). The molecule has 0 amide bonds. The quantitative estimate of drug-likeness (QED) is 0.427. The largest absolute Gasteiger partial charge is 0.491 e. The minimum absolute atomic E-state index is 0.227. The van der Waals surface area contributed by atoms with Gasteiger partial charge in [0.25, 0.3) is 0 Å². The number of carbonyl (C=O) groups is 1. The summed E-state index contributed by atoms with van der Waals surface area (Å²) in [5.41, 5.74) is 2.29. The summed E-state index contributed by atoms with van der Waals surface area (Å²) in [6, 6.07) is 27.1. The van der Waals surface area contributed by atoms with Gasteiger partial charge in [0.1, 0.15) is 24.2 Å². The van der Waals surface area contributed by atoms with Crippen LogP contribution in [0.4, 0.5) is 0 Å². The maximum absolute atomic E-state index is 10.6. The molecule has 0 saturated carbocycles. The Kier molecular flexibility index (Phi) is 9.10. The molecule has 0 aliphatic rings. The van der Waals surface area contributed by atoms with Crippen LogP contribution in [-0.2, 0) is 17.8 Å². The van der Waals surface area contributed by atoms with Crippen LogP contribution < -0.4 is 9.47 Å². The average molecular weight is 436 g/mol. The summed E-state index contributed by atoms with van der Waals surface area (Å²) in [6.45, 7) is 1.84. The molecule has 0 fully saturated rings. The van der Waals surface area contributed by atoms with E-state index in [1.165, 1.54) is 5.56 Å². The molecule has 3 aromatic carbocycles. The summed E-state index contributed by atoms with van der Waals surface area (Å²) >= 11 is 0. The Balaban J connectivity index is 1.55. The van der Waals surface area contributed by atoms with Crippen molar-refractivity contribution in [2.75, 3.05) is 26.3 Å². The molecular formula is C26H29NO5. The average Bonchev–Trinajstić information content (AvgIpc) is 2.82. The fourth-order valence-electron chi connectivity index (χ4n) is 3.32. The number of hydrogen-bond acceptors (Lipinski definition) is 5. The Hall–Kier alpha value is -3.35. The number of ether oxygens (including phenoxy) is 2. The first-order chi connectivity index (χ1) is 15.6. The molecule has 32 heavy (non-hydrogen) atoms. The predicted molar refractivity (Wildman–Crippen MR) is 123 cm³/mol. The van der Waals surface area contributed by atoms with Crippen LogP contribution in [0.25, 0.3) is 0 Å². The topological polar surface area (TPSA) is 79.2 Å². The van der Waals surface area contributed by atoms with Crippen molar-refractivity contribution in [1.82, 2.24) is 4.90 Å². The normalized spacial score (nSPS) is 11.8. The van der Waals surface area contributed by atoms with Gasteiger partial charge in [-0.15, -0.1) is 0 Å². The highest BCUT2D eigenvalue weighted by Crippen LogP contribution is 2.14. The fourth-order valence-corrected chi connectivity index (χ4v) is 3.32. The van der Waals surface area contributed by atoms with E-state index in [4.69, 9.17) is 14.6 Å². The van der Waals surface area contributed by atoms with Gasteiger partial charge in [-0.25, -0.2) is 4.79 Å². The van der Waals surface area contributed by atoms with Crippen molar-refractivity contribution in [3.05, 3.63) is 96.1 Å². The number of aliphatic hydroxyl groups is 1. The second-order valence-electron chi connectivity index (χ2n) is 7.57. The monoisotopic (exact) mass is 435 g/mol. The highest BCUT2D eigenvalue weighted by molar-refractivity contribution is 5.68. The van der Waals surface area contributed by atoms with Gasteiger partial charge in [0.15, 0.2) is 6.61 Å². The second-order valence-corrected chi connectivity index (χ2v) is 7.57. The Bertz CT molecular complexity index is 931. The highest BCUT2D eigenvalue weighted by atomic mass is 16.5. The number of hydrogen-bond donors (Lipinski definition) is 2. The zero-order valence-corrected chi connectivity index (χ0v) is 18.0. The third-order valence-corrected chi connectivity index (χ3v) is 4.91. The molecule has 1 unspecified atom stereocenters. The molecule has 0 spiro atoms. The van der Waals surface area contributed by atoms with Gasteiger partial charge in [0.2, 0.25) is 0 Å². The lowest BCUT2D eigenvalue weighted by atomic mass is 10.1. The van der Waals surface area contributed by atoms with Gasteiger partial charge in [-0.3, -0.25) is 4.90 Å². The van der Waals surface area contributed by atoms with Crippen LogP contribution in [0, 0.1) is 0 Å². The smallest absolute Gasteiger partial charge is 0.341 e. The van der Waals surface area contributed by atoms with E-state index < -0.39 is 12.1 Å². The molecule has 0 radical (unpaired) electrons. The molecule has 2 N–H and O–H groups in total. The Morgan fingerprint density at radius 2 is 1.44 bits per heavy atom. The maximum Gasteiger partial charge on any atom is 0.341 e. The first kappa shape index (κ1) is 23.3. The van der Waals surface area contributed by atoms with Crippen molar-refractivity contribution < 1.29 is 24.5 Å².